The van der Waals surface area contributed by atoms with Gasteiger partial charge < -0.3 is 15.4 Å². The van der Waals surface area contributed by atoms with E-state index >= 15 is 0 Å². The molecule has 32 heavy (non-hydrogen) atoms. The summed E-state index contributed by atoms with van der Waals surface area (Å²) in [4.78, 5) is 13.8. The molecule has 6 nitrogen and oxygen atoms in total. The molecule has 0 radical (unpaired) electrons. The van der Waals surface area contributed by atoms with Crippen LogP contribution in [0.25, 0.3) is 0 Å². The second kappa shape index (κ2) is 8.78. The quantitative estimate of drug-likeness (QED) is 0.489. The Hall–Kier alpha value is -3.14. The number of para-hydroxylation sites is 1. The molecule has 1 amide bonds. The number of hydrogen-bond acceptors (Lipinski definition) is 5. The zero-order valence-corrected chi connectivity index (χ0v) is 18.1. The van der Waals surface area contributed by atoms with Gasteiger partial charge in [-0.05, 0) is 36.1 Å². The average Bonchev–Trinajstić information content (AvgIpc) is 3.22. The van der Waals surface area contributed by atoms with E-state index in [2.05, 4.69) is 15.7 Å². The van der Waals surface area contributed by atoms with Crippen molar-refractivity contribution in [2.75, 3.05) is 24.0 Å². The maximum absolute atomic E-state index is 13.9. The maximum atomic E-state index is 13.9. The molecule has 2 aromatic carbocycles. The molecule has 1 aromatic heterocycles. The third-order valence-corrected chi connectivity index (χ3v) is 6.13. The summed E-state index contributed by atoms with van der Waals surface area (Å²) >= 11 is 1.46. The highest BCUT2D eigenvalue weighted by atomic mass is 32.2. The van der Waals surface area contributed by atoms with Crippen LogP contribution in [0.3, 0.4) is 0 Å². The van der Waals surface area contributed by atoms with Gasteiger partial charge in [-0.3, -0.25) is 4.79 Å². The topological polar surface area (TPSA) is 68.2 Å². The molecular weight excluding hydrogens is 441 g/mol. The second-order valence-corrected chi connectivity index (χ2v) is 8.12. The molecule has 3 aromatic rings. The molecule has 0 aliphatic carbocycles. The first-order valence-corrected chi connectivity index (χ1v) is 11.0. The number of fused-ring (bicyclic) bond motifs is 1. The van der Waals surface area contributed by atoms with Crippen molar-refractivity contribution in [3.8, 4) is 5.75 Å². The van der Waals surface area contributed by atoms with Gasteiger partial charge in [0.25, 0.3) is 5.91 Å². The third kappa shape index (κ3) is 4.27. The predicted molar refractivity (Wildman–Crippen MR) is 117 cm³/mol. The number of ether oxygens (including phenoxy) is 1. The van der Waals surface area contributed by atoms with Crippen LogP contribution in [0, 0.1) is 0 Å². The number of anilines is 2. The van der Waals surface area contributed by atoms with Gasteiger partial charge in [-0.2, -0.15) is 18.3 Å². The number of aromatic nitrogens is 2. The Kier molecular flexibility index (Phi) is 6.05. The number of carbonyl (C=O) groups excluding carboxylic acids is 1. The Balaban J connectivity index is 1.70. The standard InChI is InChI=1S/C22H21F3N4O2S/c1-31-14-7-5-6-13(10-14)17-11-19(22(23,24)25)29-20(27-17)15(12-26-29)21(30)28-16-8-3-4-9-18(16)32-2/h3-10,12,17,19,27H,11H2,1-2H3,(H,28,30)/t17-,19+/m0/s1. The van der Waals surface area contributed by atoms with E-state index in [1.54, 1.807) is 36.4 Å². The minimum Gasteiger partial charge on any atom is -0.497 e. The molecule has 0 spiro atoms. The van der Waals surface area contributed by atoms with E-state index in [4.69, 9.17) is 4.74 Å². The zero-order chi connectivity index (χ0) is 22.9. The lowest BCUT2D eigenvalue weighted by molar-refractivity contribution is -0.173. The summed E-state index contributed by atoms with van der Waals surface area (Å²) in [5, 5.41) is 9.79. The molecule has 0 saturated heterocycles. The first-order chi connectivity index (χ1) is 15.3. The first kappa shape index (κ1) is 22.1. The summed E-state index contributed by atoms with van der Waals surface area (Å²) in [6, 6.07) is 11.5. The summed E-state index contributed by atoms with van der Waals surface area (Å²) in [7, 11) is 1.50. The number of rotatable bonds is 5. The van der Waals surface area contributed by atoms with Crippen molar-refractivity contribution < 1.29 is 22.7 Å². The van der Waals surface area contributed by atoms with Crippen LogP contribution in [0.15, 0.2) is 59.6 Å². The second-order valence-electron chi connectivity index (χ2n) is 7.27. The molecule has 0 bridgehead atoms. The number of carbonyl (C=O) groups is 1. The Morgan fingerprint density at radius 3 is 2.75 bits per heavy atom. The third-order valence-electron chi connectivity index (χ3n) is 5.33. The van der Waals surface area contributed by atoms with E-state index in [1.807, 2.05) is 18.4 Å². The lowest BCUT2D eigenvalue weighted by Crippen LogP contribution is -2.36. The van der Waals surface area contributed by atoms with Gasteiger partial charge in [0.05, 0.1) is 25.0 Å². The van der Waals surface area contributed by atoms with Crippen LogP contribution >= 0.6 is 11.8 Å². The number of hydrogen-bond donors (Lipinski definition) is 2. The highest BCUT2D eigenvalue weighted by molar-refractivity contribution is 7.98. The molecular formula is C22H21F3N4O2S. The number of thioether (sulfide) groups is 1. The maximum Gasteiger partial charge on any atom is 0.410 e. The summed E-state index contributed by atoms with van der Waals surface area (Å²) in [5.74, 6) is 0.0385. The van der Waals surface area contributed by atoms with Gasteiger partial charge >= 0.3 is 6.18 Å². The number of nitrogens with zero attached hydrogens (tertiary/aromatic N) is 2. The van der Waals surface area contributed by atoms with Crippen LogP contribution in [-0.4, -0.2) is 35.2 Å². The van der Waals surface area contributed by atoms with Crippen molar-refractivity contribution in [3.05, 3.63) is 65.9 Å². The van der Waals surface area contributed by atoms with E-state index in [1.165, 1.54) is 25.1 Å². The number of nitrogens with one attached hydrogen (secondary N) is 2. The van der Waals surface area contributed by atoms with E-state index in [0.29, 0.717) is 17.0 Å². The van der Waals surface area contributed by atoms with E-state index in [9.17, 15) is 18.0 Å². The number of halogens is 3. The molecule has 2 N–H and O–H groups in total. The minimum absolute atomic E-state index is 0.0329. The van der Waals surface area contributed by atoms with Gasteiger partial charge in [-0.25, -0.2) is 4.68 Å². The van der Waals surface area contributed by atoms with E-state index in [-0.39, 0.29) is 17.8 Å². The van der Waals surface area contributed by atoms with Crippen LogP contribution < -0.4 is 15.4 Å². The summed E-state index contributed by atoms with van der Waals surface area (Å²) < 4.78 is 47.7. The van der Waals surface area contributed by atoms with Crippen molar-refractivity contribution >= 4 is 29.2 Å². The van der Waals surface area contributed by atoms with E-state index < -0.39 is 24.2 Å². The minimum atomic E-state index is -4.53. The van der Waals surface area contributed by atoms with Crippen LogP contribution in [0.4, 0.5) is 24.7 Å². The Morgan fingerprint density at radius 2 is 2.03 bits per heavy atom. The van der Waals surface area contributed by atoms with Crippen molar-refractivity contribution in [1.82, 2.24) is 9.78 Å². The largest absolute Gasteiger partial charge is 0.497 e. The fourth-order valence-corrected chi connectivity index (χ4v) is 4.30. The van der Waals surface area contributed by atoms with Gasteiger partial charge in [-0.15, -0.1) is 11.8 Å². The fourth-order valence-electron chi connectivity index (χ4n) is 3.74. The number of benzene rings is 2. The average molecular weight is 462 g/mol. The van der Waals surface area contributed by atoms with Crippen molar-refractivity contribution in [1.29, 1.82) is 0 Å². The van der Waals surface area contributed by atoms with Gasteiger partial charge in [0.1, 0.15) is 17.1 Å². The molecule has 2 heterocycles. The van der Waals surface area contributed by atoms with Crippen LogP contribution in [0.2, 0.25) is 0 Å². The molecule has 1 aliphatic rings. The zero-order valence-electron chi connectivity index (χ0n) is 17.3. The molecule has 0 fully saturated rings. The van der Waals surface area contributed by atoms with Gasteiger partial charge in [-0.1, -0.05) is 24.3 Å². The normalized spacial score (nSPS) is 17.9. The van der Waals surface area contributed by atoms with Crippen molar-refractivity contribution in [2.24, 2.45) is 0 Å². The molecule has 1 aliphatic heterocycles. The summed E-state index contributed by atoms with van der Waals surface area (Å²) in [6.45, 7) is 0. The van der Waals surface area contributed by atoms with Gasteiger partial charge in [0.15, 0.2) is 6.04 Å². The molecule has 168 valence electrons. The predicted octanol–water partition coefficient (Wildman–Crippen LogP) is 5.53. The van der Waals surface area contributed by atoms with Crippen molar-refractivity contribution in [2.45, 2.75) is 29.6 Å². The molecule has 10 heteroatoms. The first-order valence-electron chi connectivity index (χ1n) is 9.81. The molecule has 0 saturated carbocycles. The highest BCUT2D eigenvalue weighted by Crippen LogP contribution is 2.44. The SMILES string of the molecule is COc1cccc([C@@H]2C[C@H](C(F)(F)F)n3ncc(C(=O)Nc4ccccc4SC)c3N2)c1. The Bertz CT molecular complexity index is 1130. The smallest absolute Gasteiger partial charge is 0.410 e. The molecule has 2 atom stereocenters. The van der Waals surface area contributed by atoms with Crippen molar-refractivity contribution in [3.63, 3.8) is 0 Å². The van der Waals surface area contributed by atoms with Crippen LogP contribution in [0.5, 0.6) is 5.75 Å². The van der Waals surface area contributed by atoms with Crippen LogP contribution in [-0.2, 0) is 0 Å². The number of alkyl halides is 3. The summed E-state index contributed by atoms with van der Waals surface area (Å²) in [5.41, 5.74) is 1.25. The number of amides is 1. The Labute approximate surface area is 187 Å². The lowest BCUT2D eigenvalue weighted by atomic mass is 9.96. The molecule has 4 rings (SSSR count). The molecule has 0 unspecified atom stereocenters. The van der Waals surface area contributed by atoms with Gasteiger partial charge in [0, 0.05) is 11.3 Å². The van der Waals surface area contributed by atoms with Crippen LogP contribution in [0.1, 0.15) is 34.4 Å². The Morgan fingerprint density at radius 1 is 1.25 bits per heavy atom. The summed E-state index contributed by atoms with van der Waals surface area (Å²) in [6.07, 6.45) is -1.74. The van der Waals surface area contributed by atoms with E-state index in [0.717, 1.165) is 9.58 Å². The monoisotopic (exact) mass is 462 g/mol. The number of methoxy groups -OCH3 is 1. The lowest BCUT2D eigenvalue weighted by Gasteiger charge is -2.34. The highest BCUT2D eigenvalue weighted by Gasteiger charge is 2.47. The fraction of sp³-hybridized carbons (Fsp3) is 0.273. The van der Waals surface area contributed by atoms with Gasteiger partial charge in [0.2, 0.25) is 0 Å².